The lowest BCUT2D eigenvalue weighted by molar-refractivity contribution is 0.0697. The number of primary sulfonamides is 1. The first-order chi connectivity index (χ1) is 12.8. The lowest BCUT2D eigenvalue weighted by atomic mass is 10.1. The predicted molar refractivity (Wildman–Crippen MR) is 98.8 cm³/mol. The first-order valence-corrected chi connectivity index (χ1v) is 9.92. The standard InChI is InChI=1S/C18H20N2O6S/c19-27(23,24)17-9-14(18(21)22)15(20-11-13-7-4-8-25-13)10-16(17)26-12-5-2-1-3-6-12/h1-3,5-6,9-10,13,20H,4,7-8,11H2,(H,21,22)(H2,19,23,24). The van der Waals surface area contributed by atoms with Gasteiger partial charge in [0.25, 0.3) is 0 Å². The number of nitrogens with one attached hydrogen (secondary N) is 1. The van der Waals surface area contributed by atoms with Crippen LogP contribution in [0.2, 0.25) is 0 Å². The average Bonchev–Trinajstić information content (AvgIpc) is 3.13. The second-order valence-electron chi connectivity index (χ2n) is 6.13. The highest BCUT2D eigenvalue weighted by atomic mass is 32.2. The molecule has 0 saturated carbocycles. The Kier molecular flexibility index (Phi) is 5.64. The highest BCUT2D eigenvalue weighted by Gasteiger charge is 2.24. The number of ether oxygens (including phenoxy) is 2. The molecule has 1 atom stereocenters. The Hall–Kier alpha value is -2.62. The molecular weight excluding hydrogens is 372 g/mol. The summed E-state index contributed by atoms with van der Waals surface area (Å²) >= 11 is 0. The van der Waals surface area contributed by atoms with Crippen LogP contribution < -0.4 is 15.2 Å². The van der Waals surface area contributed by atoms with E-state index in [2.05, 4.69) is 5.32 Å². The summed E-state index contributed by atoms with van der Waals surface area (Å²) < 4.78 is 35.1. The summed E-state index contributed by atoms with van der Waals surface area (Å²) in [5.41, 5.74) is 0.0220. The molecule has 1 aliphatic rings. The number of carboxylic acid groups (broad SMARTS) is 1. The van der Waals surface area contributed by atoms with Gasteiger partial charge in [-0.05, 0) is 31.0 Å². The predicted octanol–water partition coefficient (Wildman–Crippen LogP) is 2.42. The molecule has 0 spiro atoms. The van der Waals surface area contributed by atoms with E-state index >= 15 is 0 Å². The minimum absolute atomic E-state index is 0.0249. The molecule has 144 valence electrons. The molecule has 0 aliphatic carbocycles. The Morgan fingerprint density at radius 1 is 1.30 bits per heavy atom. The molecule has 0 aromatic heterocycles. The maximum Gasteiger partial charge on any atom is 0.337 e. The van der Waals surface area contributed by atoms with E-state index in [1.807, 2.05) is 0 Å². The van der Waals surface area contributed by atoms with E-state index in [1.165, 1.54) is 6.07 Å². The van der Waals surface area contributed by atoms with E-state index in [-0.39, 0.29) is 23.1 Å². The zero-order chi connectivity index (χ0) is 19.4. The smallest absolute Gasteiger partial charge is 0.337 e. The fourth-order valence-corrected chi connectivity index (χ4v) is 3.49. The van der Waals surface area contributed by atoms with E-state index in [0.717, 1.165) is 18.9 Å². The molecule has 1 unspecified atom stereocenters. The Labute approximate surface area is 157 Å². The number of rotatable bonds is 7. The van der Waals surface area contributed by atoms with Gasteiger partial charge in [-0.25, -0.2) is 18.4 Å². The monoisotopic (exact) mass is 392 g/mol. The largest absolute Gasteiger partial charge is 0.478 e. The number of benzene rings is 2. The summed E-state index contributed by atoms with van der Waals surface area (Å²) in [6.45, 7) is 1.07. The first-order valence-electron chi connectivity index (χ1n) is 8.37. The number of aromatic carboxylic acids is 1. The van der Waals surface area contributed by atoms with Crippen LogP contribution in [0.3, 0.4) is 0 Å². The Morgan fingerprint density at radius 2 is 2.04 bits per heavy atom. The van der Waals surface area contributed by atoms with Gasteiger partial charge in [0.05, 0.1) is 17.4 Å². The summed E-state index contributed by atoms with van der Waals surface area (Å²) in [6.07, 6.45) is 1.80. The number of hydrogen-bond acceptors (Lipinski definition) is 6. The van der Waals surface area contributed by atoms with Gasteiger partial charge in [0.1, 0.15) is 16.4 Å². The van der Waals surface area contributed by atoms with Gasteiger partial charge in [-0.15, -0.1) is 0 Å². The first kappa shape index (κ1) is 19.2. The van der Waals surface area contributed by atoms with Crippen molar-refractivity contribution in [3.8, 4) is 11.5 Å². The van der Waals surface area contributed by atoms with Crippen molar-refractivity contribution in [2.45, 2.75) is 23.8 Å². The van der Waals surface area contributed by atoms with Gasteiger partial charge >= 0.3 is 5.97 Å². The van der Waals surface area contributed by atoms with Crippen molar-refractivity contribution in [1.29, 1.82) is 0 Å². The van der Waals surface area contributed by atoms with Crippen LogP contribution in [0.15, 0.2) is 47.4 Å². The van der Waals surface area contributed by atoms with Crippen LogP contribution in [0.25, 0.3) is 0 Å². The van der Waals surface area contributed by atoms with Gasteiger partial charge in [-0.2, -0.15) is 0 Å². The van der Waals surface area contributed by atoms with Crippen molar-refractivity contribution in [1.82, 2.24) is 0 Å². The van der Waals surface area contributed by atoms with Gasteiger partial charge in [0.15, 0.2) is 0 Å². The number of sulfonamides is 1. The fourth-order valence-electron chi connectivity index (χ4n) is 2.83. The summed E-state index contributed by atoms with van der Waals surface area (Å²) in [7, 11) is -4.20. The number of carboxylic acids is 1. The van der Waals surface area contributed by atoms with Crippen molar-refractivity contribution in [3.05, 3.63) is 48.0 Å². The quantitative estimate of drug-likeness (QED) is 0.660. The highest BCUT2D eigenvalue weighted by Crippen LogP contribution is 2.34. The van der Waals surface area contributed by atoms with Gasteiger partial charge < -0.3 is 19.9 Å². The minimum Gasteiger partial charge on any atom is -0.478 e. The third kappa shape index (κ3) is 4.76. The van der Waals surface area contributed by atoms with Crippen molar-refractivity contribution in [3.63, 3.8) is 0 Å². The molecular formula is C18H20N2O6S. The van der Waals surface area contributed by atoms with E-state index in [4.69, 9.17) is 14.6 Å². The van der Waals surface area contributed by atoms with Crippen molar-refractivity contribution in [2.24, 2.45) is 5.14 Å². The van der Waals surface area contributed by atoms with Crippen LogP contribution in [0.4, 0.5) is 5.69 Å². The summed E-state index contributed by atoms with van der Waals surface area (Å²) in [5, 5.41) is 17.8. The average molecular weight is 392 g/mol. The molecule has 1 heterocycles. The summed E-state index contributed by atoms with van der Waals surface area (Å²) in [4.78, 5) is 11.2. The van der Waals surface area contributed by atoms with Crippen molar-refractivity contribution >= 4 is 21.7 Å². The number of anilines is 1. The van der Waals surface area contributed by atoms with Crippen molar-refractivity contribution in [2.75, 3.05) is 18.5 Å². The maximum absolute atomic E-state index is 12.0. The molecule has 0 radical (unpaired) electrons. The van der Waals surface area contributed by atoms with Crippen LogP contribution in [0, 0.1) is 0 Å². The van der Waals surface area contributed by atoms with Crippen LogP contribution in [-0.2, 0) is 14.8 Å². The van der Waals surface area contributed by atoms with Crippen molar-refractivity contribution < 1.29 is 27.8 Å². The third-order valence-electron chi connectivity index (χ3n) is 4.14. The van der Waals surface area contributed by atoms with Crippen LogP contribution in [0.1, 0.15) is 23.2 Å². The molecule has 0 bridgehead atoms. The summed E-state index contributed by atoms with van der Waals surface area (Å²) in [5.74, 6) is -0.930. The minimum atomic E-state index is -4.20. The molecule has 8 nitrogen and oxygen atoms in total. The zero-order valence-corrected chi connectivity index (χ0v) is 15.2. The third-order valence-corrected chi connectivity index (χ3v) is 5.07. The normalized spacial score (nSPS) is 16.9. The van der Waals surface area contributed by atoms with Gasteiger partial charge in [-0.3, -0.25) is 0 Å². The molecule has 1 fully saturated rings. The molecule has 2 aromatic rings. The lowest BCUT2D eigenvalue weighted by Crippen LogP contribution is -2.21. The molecule has 4 N–H and O–H groups in total. The number of carbonyl (C=O) groups is 1. The molecule has 2 aromatic carbocycles. The van der Waals surface area contributed by atoms with Gasteiger partial charge in [-0.1, -0.05) is 18.2 Å². The zero-order valence-electron chi connectivity index (χ0n) is 14.4. The maximum atomic E-state index is 12.0. The number of hydrogen-bond donors (Lipinski definition) is 3. The number of para-hydroxylation sites is 1. The topological polar surface area (TPSA) is 128 Å². The van der Waals surface area contributed by atoms with Crippen LogP contribution in [0.5, 0.6) is 11.5 Å². The van der Waals surface area contributed by atoms with E-state index in [9.17, 15) is 18.3 Å². The van der Waals surface area contributed by atoms with Crippen LogP contribution >= 0.6 is 0 Å². The SMILES string of the molecule is NS(=O)(=O)c1cc(C(=O)O)c(NCC2CCCO2)cc1Oc1ccccc1. The molecule has 1 aliphatic heterocycles. The van der Waals surface area contributed by atoms with Crippen LogP contribution in [-0.4, -0.2) is 38.7 Å². The Bertz CT molecular complexity index is 924. The number of nitrogens with two attached hydrogens (primary N) is 1. The molecule has 3 rings (SSSR count). The Morgan fingerprint density at radius 3 is 2.63 bits per heavy atom. The summed E-state index contributed by atoms with van der Waals surface area (Å²) in [6, 6.07) is 10.9. The van der Waals surface area contributed by atoms with E-state index < -0.39 is 20.9 Å². The lowest BCUT2D eigenvalue weighted by Gasteiger charge is -2.17. The van der Waals surface area contributed by atoms with Gasteiger partial charge in [0, 0.05) is 19.2 Å². The second-order valence-corrected chi connectivity index (χ2v) is 7.66. The highest BCUT2D eigenvalue weighted by molar-refractivity contribution is 7.89. The van der Waals surface area contributed by atoms with E-state index in [1.54, 1.807) is 30.3 Å². The molecule has 9 heteroatoms. The second kappa shape index (κ2) is 7.95. The molecule has 0 amide bonds. The van der Waals surface area contributed by atoms with E-state index in [0.29, 0.717) is 18.9 Å². The molecule has 1 saturated heterocycles. The van der Waals surface area contributed by atoms with Gasteiger partial charge in [0.2, 0.25) is 10.0 Å². The molecule has 27 heavy (non-hydrogen) atoms. The fraction of sp³-hybridized carbons (Fsp3) is 0.278. The Balaban J connectivity index is 2.00.